The van der Waals surface area contributed by atoms with Crippen LogP contribution in [0.25, 0.3) is 10.9 Å². The Morgan fingerprint density at radius 2 is 2.23 bits per heavy atom. The lowest BCUT2D eigenvalue weighted by Gasteiger charge is -2.01. The van der Waals surface area contributed by atoms with E-state index in [1.165, 1.54) is 5.56 Å². The van der Waals surface area contributed by atoms with Crippen LogP contribution in [0, 0.1) is 11.7 Å². The van der Waals surface area contributed by atoms with Gasteiger partial charge in [0.1, 0.15) is 5.82 Å². The van der Waals surface area contributed by atoms with Crippen molar-refractivity contribution in [1.82, 2.24) is 9.97 Å². The summed E-state index contributed by atoms with van der Waals surface area (Å²) in [4.78, 5) is 6.96. The molecule has 66 valence electrons. The minimum absolute atomic E-state index is 0.426. The van der Waals surface area contributed by atoms with E-state index >= 15 is 0 Å². The van der Waals surface area contributed by atoms with Crippen LogP contribution in [0.5, 0.6) is 0 Å². The highest BCUT2D eigenvalue weighted by Crippen LogP contribution is 2.17. The summed E-state index contributed by atoms with van der Waals surface area (Å²) in [6.07, 6.45) is 0. The smallest absolute Gasteiger partial charge is 0.199 e. The normalized spacial score (nSPS) is 10.5. The molecule has 0 saturated carbocycles. The highest BCUT2D eigenvalue weighted by atomic mass is 32.1. The van der Waals surface area contributed by atoms with Crippen LogP contribution < -0.4 is 5.73 Å². The molecule has 1 aromatic heterocycles. The van der Waals surface area contributed by atoms with Crippen molar-refractivity contribution in [2.45, 2.75) is 6.92 Å². The van der Waals surface area contributed by atoms with Crippen LogP contribution >= 0.6 is 12.2 Å². The van der Waals surface area contributed by atoms with Crippen LogP contribution in [-0.2, 0) is 0 Å². The second kappa shape index (κ2) is 2.81. The van der Waals surface area contributed by atoms with E-state index in [2.05, 4.69) is 9.97 Å². The highest BCUT2D eigenvalue weighted by Gasteiger charge is 1.99. The summed E-state index contributed by atoms with van der Waals surface area (Å²) in [5.74, 6) is 0.485. The molecular formula is C9H9N3S. The Kier molecular flexibility index (Phi) is 1.77. The Balaban J connectivity index is 2.94. The van der Waals surface area contributed by atoms with Crippen LogP contribution in [0.4, 0.5) is 5.82 Å². The molecule has 0 aliphatic heterocycles. The third-order valence-electron chi connectivity index (χ3n) is 1.91. The highest BCUT2D eigenvalue weighted by molar-refractivity contribution is 7.71. The van der Waals surface area contributed by atoms with Gasteiger partial charge in [0.25, 0.3) is 0 Å². The van der Waals surface area contributed by atoms with E-state index < -0.39 is 0 Å². The molecule has 1 aromatic carbocycles. The topological polar surface area (TPSA) is 54.7 Å². The standard InChI is InChI=1S/C9H9N3S/c1-5-2-3-6-7(4-5)11-9(13)12-8(6)10/h2-4H,1H3,(H3,10,11,12,13). The summed E-state index contributed by atoms with van der Waals surface area (Å²) in [5.41, 5.74) is 7.82. The predicted molar refractivity (Wildman–Crippen MR) is 56.1 cm³/mol. The molecule has 3 nitrogen and oxygen atoms in total. The average Bonchev–Trinajstić information content (AvgIpc) is 2.02. The maximum atomic E-state index is 5.71. The van der Waals surface area contributed by atoms with E-state index in [1.807, 2.05) is 25.1 Å². The Labute approximate surface area is 80.6 Å². The number of aromatic nitrogens is 2. The minimum Gasteiger partial charge on any atom is -0.383 e. The number of aryl methyl sites for hydroxylation is 1. The summed E-state index contributed by atoms with van der Waals surface area (Å²) >= 11 is 4.92. The molecule has 13 heavy (non-hydrogen) atoms. The second-order valence-corrected chi connectivity index (χ2v) is 3.36. The molecule has 0 spiro atoms. The number of benzene rings is 1. The maximum absolute atomic E-state index is 5.71. The number of anilines is 1. The monoisotopic (exact) mass is 191 g/mol. The van der Waals surface area contributed by atoms with Crippen molar-refractivity contribution in [2.75, 3.05) is 5.73 Å². The lowest BCUT2D eigenvalue weighted by molar-refractivity contribution is 1.19. The van der Waals surface area contributed by atoms with Gasteiger partial charge in [-0.05, 0) is 36.8 Å². The zero-order valence-electron chi connectivity index (χ0n) is 7.16. The fourth-order valence-corrected chi connectivity index (χ4v) is 1.51. The van der Waals surface area contributed by atoms with Crippen LogP contribution in [0.3, 0.4) is 0 Å². The molecular weight excluding hydrogens is 182 g/mol. The van der Waals surface area contributed by atoms with Gasteiger partial charge in [-0.25, -0.2) is 4.98 Å². The first-order valence-electron chi connectivity index (χ1n) is 3.93. The number of nitrogens with two attached hydrogens (primary N) is 1. The van der Waals surface area contributed by atoms with Crippen molar-refractivity contribution in [3.8, 4) is 0 Å². The van der Waals surface area contributed by atoms with Crippen molar-refractivity contribution in [2.24, 2.45) is 0 Å². The second-order valence-electron chi connectivity index (χ2n) is 2.98. The number of nitrogens with one attached hydrogen (secondary N) is 1. The third-order valence-corrected chi connectivity index (χ3v) is 2.11. The number of nitrogen functional groups attached to an aromatic ring is 1. The van der Waals surface area contributed by atoms with Gasteiger partial charge in [0.05, 0.1) is 5.52 Å². The number of aromatic amines is 1. The number of hydrogen-bond donors (Lipinski definition) is 2. The molecule has 0 radical (unpaired) electrons. The molecule has 0 aliphatic rings. The lowest BCUT2D eigenvalue weighted by Crippen LogP contribution is -1.94. The van der Waals surface area contributed by atoms with E-state index in [9.17, 15) is 0 Å². The van der Waals surface area contributed by atoms with Gasteiger partial charge >= 0.3 is 0 Å². The molecule has 2 rings (SSSR count). The summed E-state index contributed by atoms with van der Waals surface area (Å²) in [6, 6.07) is 5.94. The zero-order chi connectivity index (χ0) is 9.42. The molecule has 0 atom stereocenters. The first-order chi connectivity index (χ1) is 6.16. The van der Waals surface area contributed by atoms with Crippen LogP contribution in [0.2, 0.25) is 0 Å². The summed E-state index contributed by atoms with van der Waals surface area (Å²) in [6.45, 7) is 2.02. The number of hydrogen-bond acceptors (Lipinski definition) is 3. The Hall–Kier alpha value is -1.42. The van der Waals surface area contributed by atoms with Gasteiger partial charge in [-0.3, -0.25) is 0 Å². The van der Waals surface area contributed by atoms with Gasteiger partial charge in [0.15, 0.2) is 4.77 Å². The lowest BCUT2D eigenvalue weighted by atomic mass is 10.2. The van der Waals surface area contributed by atoms with Crippen molar-refractivity contribution in [3.63, 3.8) is 0 Å². The Morgan fingerprint density at radius 1 is 1.46 bits per heavy atom. The van der Waals surface area contributed by atoms with Crippen molar-refractivity contribution < 1.29 is 0 Å². The molecule has 0 amide bonds. The van der Waals surface area contributed by atoms with E-state index in [1.54, 1.807) is 0 Å². The summed E-state index contributed by atoms with van der Waals surface area (Å²) in [5, 5.41) is 0.916. The van der Waals surface area contributed by atoms with Crippen molar-refractivity contribution in [1.29, 1.82) is 0 Å². The molecule has 0 aliphatic carbocycles. The van der Waals surface area contributed by atoms with E-state index in [4.69, 9.17) is 18.0 Å². The average molecular weight is 191 g/mol. The quantitative estimate of drug-likeness (QED) is 0.627. The van der Waals surface area contributed by atoms with Crippen LogP contribution in [-0.4, -0.2) is 9.97 Å². The zero-order valence-corrected chi connectivity index (χ0v) is 7.98. The van der Waals surface area contributed by atoms with Gasteiger partial charge in [0, 0.05) is 5.39 Å². The first kappa shape index (κ1) is 8.19. The van der Waals surface area contributed by atoms with Crippen LogP contribution in [0.1, 0.15) is 5.56 Å². The van der Waals surface area contributed by atoms with E-state index in [-0.39, 0.29) is 0 Å². The Morgan fingerprint density at radius 3 is 3.00 bits per heavy atom. The van der Waals surface area contributed by atoms with E-state index in [0.29, 0.717) is 10.6 Å². The molecule has 0 bridgehead atoms. The van der Waals surface area contributed by atoms with E-state index in [0.717, 1.165) is 10.9 Å². The maximum Gasteiger partial charge on any atom is 0.199 e. The first-order valence-corrected chi connectivity index (χ1v) is 4.34. The molecule has 0 unspecified atom stereocenters. The van der Waals surface area contributed by atoms with Crippen molar-refractivity contribution in [3.05, 3.63) is 28.5 Å². The molecule has 1 heterocycles. The van der Waals surface area contributed by atoms with Gasteiger partial charge < -0.3 is 10.7 Å². The fraction of sp³-hybridized carbons (Fsp3) is 0.111. The predicted octanol–water partition coefficient (Wildman–Crippen LogP) is 2.18. The largest absolute Gasteiger partial charge is 0.383 e. The van der Waals surface area contributed by atoms with Gasteiger partial charge in [-0.2, -0.15) is 0 Å². The SMILES string of the molecule is Cc1ccc2c(N)nc(=S)[nH]c2c1. The molecule has 4 heteroatoms. The number of rotatable bonds is 0. The molecule has 3 N–H and O–H groups in total. The number of H-pyrrole nitrogens is 1. The summed E-state index contributed by atoms with van der Waals surface area (Å²) in [7, 11) is 0. The molecule has 0 fully saturated rings. The molecule has 2 aromatic rings. The number of nitrogens with zero attached hydrogens (tertiary/aromatic N) is 1. The minimum atomic E-state index is 0.426. The van der Waals surface area contributed by atoms with Gasteiger partial charge in [-0.1, -0.05) is 6.07 Å². The number of fused-ring (bicyclic) bond motifs is 1. The molecule has 0 saturated heterocycles. The Bertz CT molecular complexity index is 516. The third kappa shape index (κ3) is 1.40. The summed E-state index contributed by atoms with van der Waals surface area (Å²) < 4.78 is 0.426. The van der Waals surface area contributed by atoms with Gasteiger partial charge in [0.2, 0.25) is 0 Å². The van der Waals surface area contributed by atoms with Crippen molar-refractivity contribution >= 4 is 28.9 Å². The van der Waals surface area contributed by atoms with Gasteiger partial charge in [-0.15, -0.1) is 0 Å². The van der Waals surface area contributed by atoms with Crippen LogP contribution in [0.15, 0.2) is 18.2 Å². The fourth-order valence-electron chi connectivity index (χ4n) is 1.30.